The highest BCUT2D eigenvalue weighted by Crippen LogP contribution is 2.35. The number of hydrogen-bond donors (Lipinski definition) is 3. The number of carbonyl (C=O) groups excluding carboxylic acids is 1. The SMILES string of the molecule is CC.COC1(c2cccc(Nc3cc(NC=O)ncc3C(=N)C3CCCC3)n2)CCOC1. The van der Waals surface area contributed by atoms with Crippen LogP contribution in [0, 0.1) is 11.3 Å². The summed E-state index contributed by atoms with van der Waals surface area (Å²) in [5.41, 5.74) is 2.27. The number of carbonyl (C=O) groups is 1. The van der Waals surface area contributed by atoms with Crippen LogP contribution in [-0.4, -0.2) is 42.4 Å². The maximum atomic E-state index is 10.9. The second kappa shape index (κ2) is 11.2. The zero-order valence-electron chi connectivity index (χ0n) is 19.1. The second-order valence-electron chi connectivity index (χ2n) is 7.81. The van der Waals surface area contributed by atoms with Gasteiger partial charge in [-0.2, -0.15) is 0 Å². The molecule has 8 nitrogen and oxygen atoms in total. The molecule has 1 atom stereocenters. The van der Waals surface area contributed by atoms with Crippen molar-refractivity contribution >= 4 is 29.4 Å². The number of anilines is 3. The summed E-state index contributed by atoms with van der Waals surface area (Å²) < 4.78 is 11.3. The first-order valence-electron chi connectivity index (χ1n) is 11.3. The molecule has 0 radical (unpaired) electrons. The van der Waals surface area contributed by atoms with Gasteiger partial charge < -0.3 is 25.5 Å². The Morgan fingerprint density at radius 2 is 2.06 bits per heavy atom. The Bertz CT molecular complexity index is 922. The summed E-state index contributed by atoms with van der Waals surface area (Å²) in [4.78, 5) is 19.9. The van der Waals surface area contributed by atoms with Gasteiger partial charge in [-0.3, -0.25) is 4.79 Å². The summed E-state index contributed by atoms with van der Waals surface area (Å²) in [7, 11) is 1.68. The van der Waals surface area contributed by atoms with Crippen molar-refractivity contribution in [2.45, 2.75) is 51.6 Å². The molecule has 2 aromatic heterocycles. The molecular weight excluding hydrogens is 406 g/mol. The normalized spacial score (nSPS) is 20.3. The summed E-state index contributed by atoms with van der Waals surface area (Å²) in [5, 5.41) is 14.6. The summed E-state index contributed by atoms with van der Waals surface area (Å²) in [6, 6.07) is 7.49. The third-order valence-corrected chi connectivity index (χ3v) is 6.02. The molecule has 1 amide bonds. The Labute approximate surface area is 189 Å². The van der Waals surface area contributed by atoms with Gasteiger partial charge in [-0.15, -0.1) is 0 Å². The summed E-state index contributed by atoms with van der Waals surface area (Å²) >= 11 is 0. The highest BCUT2D eigenvalue weighted by Gasteiger charge is 2.38. The zero-order valence-corrected chi connectivity index (χ0v) is 19.1. The van der Waals surface area contributed by atoms with Crippen LogP contribution in [0.15, 0.2) is 30.5 Å². The molecular formula is C24H33N5O3. The van der Waals surface area contributed by atoms with Gasteiger partial charge >= 0.3 is 0 Å². The van der Waals surface area contributed by atoms with E-state index >= 15 is 0 Å². The zero-order chi connectivity index (χ0) is 23.0. The van der Waals surface area contributed by atoms with Crippen molar-refractivity contribution in [3.8, 4) is 0 Å². The van der Waals surface area contributed by atoms with E-state index in [4.69, 9.17) is 19.9 Å². The van der Waals surface area contributed by atoms with Crippen LogP contribution in [0.2, 0.25) is 0 Å². The van der Waals surface area contributed by atoms with Crippen molar-refractivity contribution in [2.24, 2.45) is 5.92 Å². The van der Waals surface area contributed by atoms with E-state index in [1.54, 1.807) is 19.4 Å². The molecule has 2 aromatic rings. The predicted octanol–water partition coefficient (Wildman–Crippen LogP) is 4.63. The highest BCUT2D eigenvalue weighted by atomic mass is 16.5. The summed E-state index contributed by atoms with van der Waals surface area (Å²) in [5.74, 6) is 1.30. The van der Waals surface area contributed by atoms with Crippen LogP contribution >= 0.6 is 0 Å². The average molecular weight is 440 g/mol. The first-order chi connectivity index (χ1) is 15.6. The lowest BCUT2D eigenvalue weighted by atomic mass is 9.95. The highest BCUT2D eigenvalue weighted by molar-refractivity contribution is 6.05. The van der Waals surface area contributed by atoms with Crippen LogP contribution in [0.25, 0.3) is 0 Å². The Morgan fingerprint density at radius 3 is 2.72 bits per heavy atom. The van der Waals surface area contributed by atoms with Gasteiger partial charge in [0.15, 0.2) is 0 Å². The molecule has 172 valence electrons. The Balaban J connectivity index is 0.00000141. The number of nitrogens with zero attached hydrogens (tertiary/aromatic N) is 2. The molecule has 1 unspecified atom stereocenters. The van der Waals surface area contributed by atoms with Crippen molar-refractivity contribution in [2.75, 3.05) is 31.0 Å². The number of methoxy groups -OCH3 is 1. The summed E-state index contributed by atoms with van der Waals surface area (Å²) in [6.45, 7) is 5.11. The van der Waals surface area contributed by atoms with E-state index in [1.807, 2.05) is 32.0 Å². The minimum Gasteiger partial charge on any atom is -0.378 e. The van der Waals surface area contributed by atoms with E-state index in [0.717, 1.165) is 43.4 Å². The Morgan fingerprint density at radius 1 is 1.28 bits per heavy atom. The number of nitrogens with one attached hydrogen (secondary N) is 3. The molecule has 1 saturated carbocycles. The molecule has 1 aliphatic heterocycles. The molecule has 3 N–H and O–H groups in total. The fraction of sp³-hybridized carbons (Fsp3) is 0.500. The Kier molecular flexibility index (Phi) is 8.30. The van der Waals surface area contributed by atoms with Gasteiger partial charge in [-0.05, 0) is 25.0 Å². The lowest BCUT2D eigenvalue weighted by Crippen LogP contribution is -2.30. The van der Waals surface area contributed by atoms with Crippen LogP contribution in [0.4, 0.5) is 17.3 Å². The molecule has 32 heavy (non-hydrogen) atoms. The number of rotatable bonds is 8. The molecule has 3 heterocycles. The van der Waals surface area contributed by atoms with Gasteiger partial charge in [-0.25, -0.2) is 9.97 Å². The smallest absolute Gasteiger partial charge is 0.212 e. The number of hydrogen-bond acceptors (Lipinski definition) is 7. The molecule has 0 aromatic carbocycles. The van der Waals surface area contributed by atoms with E-state index < -0.39 is 5.60 Å². The minimum absolute atomic E-state index is 0.240. The van der Waals surface area contributed by atoms with E-state index in [-0.39, 0.29) is 5.92 Å². The standard InChI is InChI=1S/C22H27N5O3.C2H6/c1-29-22(9-10-30-13-22)18-7-4-8-19(27-18)26-17-11-20(25-14-28)24-12-16(17)21(23)15-5-2-3-6-15;1-2/h4,7-8,11-12,14-15,23H,2-3,5-6,9-10,13H2,1H3,(H2,24,25,26,27,28);1-2H3. The van der Waals surface area contributed by atoms with Gasteiger partial charge in [-0.1, -0.05) is 32.8 Å². The topological polar surface area (TPSA) is 109 Å². The van der Waals surface area contributed by atoms with Crippen molar-refractivity contribution in [3.63, 3.8) is 0 Å². The summed E-state index contributed by atoms with van der Waals surface area (Å²) in [6.07, 6.45) is 7.35. The number of amides is 1. The predicted molar refractivity (Wildman–Crippen MR) is 126 cm³/mol. The van der Waals surface area contributed by atoms with Crippen molar-refractivity contribution < 1.29 is 14.3 Å². The van der Waals surface area contributed by atoms with Crippen LogP contribution < -0.4 is 10.6 Å². The third kappa shape index (κ3) is 5.14. The first-order valence-corrected chi connectivity index (χ1v) is 11.3. The van der Waals surface area contributed by atoms with Crippen molar-refractivity contribution in [3.05, 3.63) is 41.7 Å². The minimum atomic E-state index is -0.542. The maximum absolute atomic E-state index is 10.9. The van der Waals surface area contributed by atoms with E-state index in [2.05, 4.69) is 15.6 Å². The van der Waals surface area contributed by atoms with Gasteiger partial charge in [0.25, 0.3) is 0 Å². The lowest BCUT2D eigenvalue weighted by molar-refractivity contribution is -0.105. The first kappa shape index (κ1) is 23.8. The van der Waals surface area contributed by atoms with Gasteiger partial charge in [0.2, 0.25) is 6.41 Å². The van der Waals surface area contributed by atoms with Crippen LogP contribution in [0.3, 0.4) is 0 Å². The van der Waals surface area contributed by atoms with Gasteiger partial charge in [0.05, 0.1) is 18.0 Å². The molecule has 0 bridgehead atoms. The lowest BCUT2D eigenvalue weighted by Gasteiger charge is -2.25. The van der Waals surface area contributed by atoms with E-state index in [0.29, 0.717) is 42.7 Å². The maximum Gasteiger partial charge on any atom is 0.212 e. The molecule has 4 rings (SSSR count). The Hall–Kier alpha value is -2.84. The van der Waals surface area contributed by atoms with Crippen molar-refractivity contribution in [1.29, 1.82) is 5.41 Å². The number of ether oxygens (including phenoxy) is 2. The van der Waals surface area contributed by atoms with Crippen LogP contribution in [-0.2, 0) is 19.9 Å². The molecule has 1 saturated heterocycles. The largest absolute Gasteiger partial charge is 0.378 e. The fourth-order valence-corrected chi connectivity index (χ4v) is 4.26. The number of aromatic nitrogens is 2. The molecule has 8 heteroatoms. The van der Waals surface area contributed by atoms with Gasteiger partial charge in [0, 0.05) is 49.6 Å². The van der Waals surface area contributed by atoms with Crippen LogP contribution in [0.5, 0.6) is 0 Å². The van der Waals surface area contributed by atoms with E-state index in [1.165, 1.54) is 0 Å². The van der Waals surface area contributed by atoms with Crippen LogP contribution in [0.1, 0.15) is 57.2 Å². The van der Waals surface area contributed by atoms with Crippen molar-refractivity contribution in [1.82, 2.24) is 9.97 Å². The molecule has 1 aliphatic carbocycles. The average Bonchev–Trinajstić information content (AvgIpc) is 3.54. The quantitative estimate of drug-likeness (QED) is 0.408. The van der Waals surface area contributed by atoms with Gasteiger partial charge in [0.1, 0.15) is 17.2 Å². The molecule has 2 aliphatic rings. The second-order valence-corrected chi connectivity index (χ2v) is 7.81. The number of pyridine rings is 2. The molecule has 0 spiro atoms. The monoisotopic (exact) mass is 439 g/mol. The third-order valence-electron chi connectivity index (χ3n) is 6.02. The van der Waals surface area contributed by atoms with E-state index in [9.17, 15) is 4.79 Å². The fourth-order valence-electron chi connectivity index (χ4n) is 4.26. The molecule has 2 fully saturated rings.